The number of nitriles is 1. The zero-order chi connectivity index (χ0) is 12.8. The topological polar surface area (TPSA) is 52.9 Å². The highest BCUT2D eigenvalue weighted by molar-refractivity contribution is 5.77. The zero-order valence-corrected chi connectivity index (χ0v) is 9.90. The van der Waals surface area contributed by atoms with E-state index in [0.29, 0.717) is 0 Å². The maximum atomic E-state index is 13.5. The van der Waals surface area contributed by atoms with E-state index in [1.54, 1.807) is 12.1 Å². The fourth-order valence-corrected chi connectivity index (χ4v) is 1.55. The molecule has 1 atom stereocenters. The van der Waals surface area contributed by atoms with Gasteiger partial charge >= 0.3 is 0 Å². The first kappa shape index (κ1) is 13.2. The summed E-state index contributed by atoms with van der Waals surface area (Å²) in [5, 5.41) is 11.7. The lowest BCUT2D eigenvalue weighted by molar-refractivity contribution is -0.121. The van der Waals surface area contributed by atoms with Gasteiger partial charge in [-0.25, -0.2) is 4.39 Å². The average Bonchev–Trinajstić information content (AvgIpc) is 2.26. The Kier molecular flexibility index (Phi) is 4.65. The van der Waals surface area contributed by atoms with Gasteiger partial charge in [0, 0.05) is 18.0 Å². The molecule has 0 aliphatic heterocycles. The number of hydrogen-bond donors (Lipinski definition) is 1. The number of nitrogens with zero attached hydrogens (tertiary/aromatic N) is 1. The van der Waals surface area contributed by atoms with Gasteiger partial charge in [0.05, 0.1) is 12.0 Å². The summed E-state index contributed by atoms with van der Waals surface area (Å²) in [5.74, 6) is -1.43. The smallest absolute Gasteiger partial charge is 0.221 e. The molecule has 0 fully saturated rings. The first-order chi connectivity index (χ1) is 8.04. The summed E-state index contributed by atoms with van der Waals surface area (Å²) in [4.78, 5) is 11.5. The summed E-state index contributed by atoms with van der Waals surface area (Å²) in [5.41, 5.74) is 0.272. The molecule has 1 aromatic rings. The van der Waals surface area contributed by atoms with Crippen molar-refractivity contribution in [3.63, 3.8) is 0 Å². The number of nitrogens with one attached hydrogen (secondary N) is 1. The van der Waals surface area contributed by atoms with Crippen LogP contribution in [0.15, 0.2) is 24.3 Å². The van der Waals surface area contributed by atoms with Gasteiger partial charge in [0.15, 0.2) is 0 Å². The van der Waals surface area contributed by atoms with Crippen molar-refractivity contribution < 1.29 is 9.18 Å². The second-order valence-corrected chi connectivity index (χ2v) is 4.13. The van der Waals surface area contributed by atoms with Crippen molar-refractivity contribution in [2.75, 3.05) is 0 Å². The molecule has 1 rings (SSSR count). The molecule has 0 aliphatic rings. The van der Waals surface area contributed by atoms with Gasteiger partial charge in [-0.2, -0.15) is 5.26 Å². The minimum atomic E-state index is -0.741. The van der Waals surface area contributed by atoms with Gasteiger partial charge in [0.1, 0.15) is 5.82 Å². The molecule has 0 saturated heterocycles. The molecular weight excluding hydrogens is 219 g/mol. The van der Waals surface area contributed by atoms with Crippen LogP contribution in [0, 0.1) is 17.1 Å². The second-order valence-electron chi connectivity index (χ2n) is 4.13. The molecule has 1 amide bonds. The summed E-state index contributed by atoms with van der Waals surface area (Å²) in [6.07, 6.45) is -0.0182. The summed E-state index contributed by atoms with van der Waals surface area (Å²) < 4.78 is 13.5. The van der Waals surface area contributed by atoms with Gasteiger partial charge in [-0.05, 0) is 19.9 Å². The first-order valence-electron chi connectivity index (χ1n) is 5.48. The van der Waals surface area contributed by atoms with Crippen molar-refractivity contribution in [2.45, 2.75) is 32.2 Å². The standard InChI is InChI=1S/C13H15FN2O/c1-9(2)16-13(17)7-10(8-15)11-5-3-4-6-12(11)14/h3-6,9-10H,7H2,1-2H3,(H,16,17). The van der Waals surface area contributed by atoms with Crippen LogP contribution in [0.5, 0.6) is 0 Å². The lowest BCUT2D eigenvalue weighted by Crippen LogP contribution is -2.31. The molecule has 1 unspecified atom stereocenters. The number of carbonyl (C=O) groups excluding carboxylic acids is 1. The van der Waals surface area contributed by atoms with E-state index in [9.17, 15) is 9.18 Å². The van der Waals surface area contributed by atoms with Crippen LogP contribution < -0.4 is 5.32 Å². The third-order valence-corrected chi connectivity index (χ3v) is 2.28. The summed E-state index contributed by atoms with van der Waals surface area (Å²) >= 11 is 0. The molecule has 0 saturated carbocycles. The Hall–Kier alpha value is -1.89. The van der Waals surface area contributed by atoms with Crippen LogP contribution >= 0.6 is 0 Å². The van der Waals surface area contributed by atoms with Crippen molar-refractivity contribution in [3.8, 4) is 6.07 Å². The molecule has 0 radical (unpaired) electrons. The molecule has 0 aromatic heterocycles. The molecule has 4 heteroatoms. The van der Waals surface area contributed by atoms with Gasteiger partial charge in [-0.3, -0.25) is 4.79 Å². The van der Waals surface area contributed by atoms with Gasteiger partial charge < -0.3 is 5.32 Å². The first-order valence-corrected chi connectivity index (χ1v) is 5.48. The number of hydrogen-bond acceptors (Lipinski definition) is 2. The van der Waals surface area contributed by atoms with Crippen LogP contribution in [0.25, 0.3) is 0 Å². The Labute approximate surface area is 100 Å². The highest BCUT2D eigenvalue weighted by atomic mass is 19.1. The van der Waals surface area contributed by atoms with Crippen LogP contribution in [0.1, 0.15) is 31.7 Å². The summed E-state index contributed by atoms with van der Waals surface area (Å²) in [6, 6.07) is 8.02. The van der Waals surface area contributed by atoms with E-state index in [4.69, 9.17) is 5.26 Å². The largest absolute Gasteiger partial charge is 0.354 e. The van der Waals surface area contributed by atoms with Crippen molar-refractivity contribution in [2.24, 2.45) is 0 Å². The van der Waals surface area contributed by atoms with Crippen LogP contribution in [0.2, 0.25) is 0 Å². The SMILES string of the molecule is CC(C)NC(=O)CC(C#N)c1ccccc1F. The van der Waals surface area contributed by atoms with Crippen molar-refractivity contribution >= 4 is 5.91 Å². The van der Waals surface area contributed by atoms with Gasteiger partial charge in [-0.1, -0.05) is 18.2 Å². The predicted octanol–water partition coefficient (Wildman–Crippen LogP) is 2.35. The van der Waals surface area contributed by atoms with E-state index in [2.05, 4.69) is 5.32 Å². The fraction of sp³-hybridized carbons (Fsp3) is 0.385. The lowest BCUT2D eigenvalue weighted by atomic mass is 9.96. The van der Waals surface area contributed by atoms with E-state index in [0.717, 1.165) is 0 Å². The molecule has 0 spiro atoms. The van der Waals surface area contributed by atoms with Crippen molar-refractivity contribution in [1.82, 2.24) is 5.32 Å². The number of halogens is 1. The molecule has 0 bridgehead atoms. The number of carbonyl (C=O) groups is 1. The molecule has 17 heavy (non-hydrogen) atoms. The quantitative estimate of drug-likeness (QED) is 0.869. The van der Waals surface area contributed by atoms with E-state index < -0.39 is 11.7 Å². The van der Waals surface area contributed by atoms with Crippen molar-refractivity contribution in [3.05, 3.63) is 35.6 Å². The van der Waals surface area contributed by atoms with E-state index >= 15 is 0 Å². The Balaban J connectivity index is 2.77. The Morgan fingerprint density at radius 1 is 1.47 bits per heavy atom. The van der Waals surface area contributed by atoms with Gasteiger partial charge in [-0.15, -0.1) is 0 Å². The van der Waals surface area contributed by atoms with E-state index in [1.165, 1.54) is 12.1 Å². The Bertz CT molecular complexity index is 437. The minimum Gasteiger partial charge on any atom is -0.354 e. The molecule has 1 aromatic carbocycles. The van der Waals surface area contributed by atoms with Crippen LogP contribution in [0.3, 0.4) is 0 Å². The maximum absolute atomic E-state index is 13.5. The van der Waals surface area contributed by atoms with Crippen LogP contribution in [-0.4, -0.2) is 11.9 Å². The predicted molar refractivity (Wildman–Crippen MR) is 62.6 cm³/mol. The molecule has 90 valence electrons. The zero-order valence-electron chi connectivity index (χ0n) is 9.90. The third kappa shape index (κ3) is 3.87. The second kappa shape index (κ2) is 6.00. The van der Waals surface area contributed by atoms with E-state index in [1.807, 2.05) is 19.9 Å². The molecular formula is C13H15FN2O. The lowest BCUT2D eigenvalue weighted by Gasteiger charge is -2.12. The fourth-order valence-electron chi connectivity index (χ4n) is 1.55. The third-order valence-electron chi connectivity index (χ3n) is 2.28. The Morgan fingerprint density at radius 2 is 2.12 bits per heavy atom. The normalized spacial score (nSPS) is 11.9. The Morgan fingerprint density at radius 3 is 2.65 bits per heavy atom. The molecule has 0 aliphatic carbocycles. The van der Waals surface area contributed by atoms with Crippen LogP contribution in [0.4, 0.5) is 4.39 Å². The average molecular weight is 234 g/mol. The molecule has 0 heterocycles. The van der Waals surface area contributed by atoms with Crippen LogP contribution in [-0.2, 0) is 4.79 Å². The number of rotatable bonds is 4. The van der Waals surface area contributed by atoms with E-state index in [-0.39, 0.29) is 23.9 Å². The molecule has 1 N–H and O–H groups in total. The molecule has 3 nitrogen and oxygen atoms in total. The summed E-state index contributed by atoms with van der Waals surface area (Å²) in [7, 11) is 0. The summed E-state index contributed by atoms with van der Waals surface area (Å²) in [6.45, 7) is 3.67. The minimum absolute atomic E-state index is 0.0162. The van der Waals surface area contributed by atoms with Gasteiger partial charge in [0.2, 0.25) is 5.91 Å². The maximum Gasteiger partial charge on any atom is 0.221 e. The highest BCUT2D eigenvalue weighted by Crippen LogP contribution is 2.21. The monoisotopic (exact) mass is 234 g/mol. The number of amides is 1. The van der Waals surface area contributed by atoms with Gasteiger partial charge in [0.25, 0.3) is 0 Å². The number of benzene rings is 1. The highest BCUT2D eigenvalue weighted by Gasteiger charge is 2.18. The van der Waals surface area contributed by atoms with Crippen molar-refractivity contribution in [1.29, 1.82) is 5.26 Å².